The van der Waals surface area contributed by atoms with Gasteiger partial charge in [0.05, 0.1) is 11.9 Å². The standard InChI is InChI=1S/C20H24N4O/c25-20(15-4-3-5-15)23-19-11-8-17(14-21-19)22-16-6-9-18(10-7-16)24-12-1-2-13-24/h6-11,14-15,22H,1-5,12-13H2,(H,21,23,25). The topological polar surface area (TPSA) is 57.3 Å². The number of carbonyl (C=O) groups excluding carboxylic acids is 1. The minimum Gasteiger partial charge on any atom is -0.372 e. The van der Waals surface area contributed by atoms with Crippen molar-refractivity contribution in [2.75, 3.05) is 28.6 Å². The van der Waals surface area contributed by atoms with Crippen molar-refractivity contribution in [2.45, 2.75) is 32.1 Å². The summed E-state index contributed by atoms with van der Waals surface area (Å²) < 4.78 is 0. The smallest absolute Gasteiger partial charge is 0.228 e. The number of rotatable bonds is 5. The fourth-order valence-electron chi connectivity index (χ4n) is 3.34. The van der Waals surface area contributed by atoms with Crippen molar-refractivity contribution in [2.24, 2.45) is 5.92 Å². The number of pyridine rings is 1. The molecule has 2 N–H and O–H groups in total. The normalized spacial score (nSPS) is 17.2. The molecule has 1 aromatic heterocycles. The van der Waals surface area contributed by atoms with Crippen LogP contribution in [-0.2, 0) is 4.79 Å². The molecule has 2 aliphatic rings. The van der Waals surface area contributed by atoms with Crippen molar-refractivity contribution in [3.63, 3.8) is 0 Å². The van der Waals surface area contributed by atoms with Gasteiger partial charge in [0.15, 0.2) is 0 Å². The van der Waals surface area contributed by atoms with Gasteiger partial charge in [0.2, 0.25) is 5.91 Å². The molecular weight excluding hydrogens is 312 g/mol. The SMILES string of the molecule is O=C(Nc1ccc(Nc2ccc(N3CCCC3)cc2)cn1)C1CCC1. The summed E-state index contributed by atoms with van der Waals surface area (Å²) in [4.78, 5) is 18.7. The van der Waals surface area contributed by atoms with Crippen molar-refractivity contribution in [1.29, 1.82) is 0 Å². The number of anilines is 4. The molecule has 25 heavy (non-hydrogen) atoms. The van der Waals surface area contributed by atoms with Gasteiger partial charge in [-0.15, -0.1) is 0 Å². The summed E-state index contributed by atoms with van der Waals surface area (Å²) in [6.45, 7) is 2.31. The molecular formula is C20H24N4O. The highest BCUT2D eigenvalue weighted by Gasteiger charge is 2.25. The van der Waals surface area contributed by atoms with Gasteiger partial charge in [-0.2, -0.15) is 0 Å². The Bertz CT molecular complexity index is 716. The zero-order valence-corrected chi connectivity index (χ0v) is 14.4. The maximum atomic E-state index is 11.9. The summed E-state index contributed by atoms with van der Waals surface area (Å²) in [7, 11) is 0. The molecule has 0 bridgehead atoms. The monoisotopic (exact) mass is 336 g/mol. The van der Waals surface area contributed by atoms with Gasteiger partial charge in [0.1, 0.15) is 5.82 Å². The van der Waals surface area contributed by atoms with Gasteiger partial charge in [0, 0.05) is 30.4 Å². The molecule has 0 atom stereocenters. The second-order valence-corrected chi connectivity index (χ2v) is 6.92. The number of hydrogen-bond donors (Lipinski definition) is 2. The van der Waals surface area contributed by atoms with E-state index in [4.69, 9.17) is 0 Å². The summed E-state index contributed by atoms with van der Waals surface area (Å²) in [5.41, 5.74) is 3.24. The maximum Gasteiger partial charge on any atom is 0.228 e. The van der Waals surface area contributed by atoms with Crippen LogP contribution in [0.2, 0.25) is 0 Å². The number of hydrogen-bond acceptors (Lipinski definition) is 4. The van der Waals surface area contributed by atoms with Crippen molar-refractivity contribution in [3.05, 3.63) is 42.6 Å². The summed E-state index contributed by atoms with van der Waals surface area (Å²) in [5, 5.41) is 6.24. The molecule has 1 amide bonds. The average Bonchev–Trinajstić information content (AvgIpc) is 3.10. The van der Waals surface area contributed by atoms with Crippen LogP contribution in [0.1, 0.15) is 32.1 Å². The summed E-state index contributed by atoms with van der Waals surface area (Å²) in [6, 6.07) is 12.3. The first-order chi connectivity index (χ1) is 12.3. The van der Waals surface area contributed by atoms with Crippen LogP contribution in [0.15, 0.2) is 42.6 Å². The van der Waals surface area contributed by atoms with Crippen LogP contribution in [-0.4, -0.2) is 24.0 Å². The van der Waals surface area contributed by atoms with Crippen LogP contribution in [0, 0.1) is 5.92 Å². The number of amides is 1. The molecule has 2 fully saturated rings. The van der Waals surface area contributed by atoms with Gasteiger partial charge < -0.3 is 15.5 Å². The van der Waals surface area contributed by atoms with Crippen LogP contribution in [0.3, 0.4) is 0 Å². The molecule has 5 nitrogen and oxygen atoms in total. The van der Waals surface area contributed by atoms with Gasteiger partial charge in [-0.25, -0.2) is 4.98 Å². The zero-order valence-electron chi connectivity index (χ0n) is 14.4. The number of carbonyl (C=O) groups is 1. The highest BCUT2D eigenvalue weighted by Crippen LogP contribution is 2.28. The van der Waals surface area contributed by atoms with Crippen LogP contribution < -0.4 is 15.5 Å². The number of nitrogens with zero attached hydrogens (tertiary/aromatic N) is 2. The lowest BCUT2D eigenvalue weighted by Gasteiger charge is -2.23. The van der Waals surface area contributed by atoms with Crippen LogP contribution in [0.5, 0.6) is 0 Å². The molecule has 0 radical (unpaired) electrons. The molecule has 2 heterocycles. The summed E-state index contributed by atoms with van der Waals surface area (Å²) >= 11 is 0. The highest BCUT2D eigenvalue weighted by molar-refractivity contribution is 5.92. The van der Waals surface area contributed by atoms with Gasteiger partial charge in [0.25, 0.3) is 0 Å². The van der Waals surface area contributed by atoms with E-state index in [2.05, 4.69) is 44.8 Å². The lowest BCUT2D eigenvalue weighted by atomic mass is 9.85. The van der Waals surface area contributed by atoms with Crippen molar-refractivity contribution >= 4 is 28.8 Å². The second-order valence-electron chi connectivity index (χ2n) is 6.92. The summed E-state index contributed by atoms with van der Waals surface area (Å²) in [5.74, 6) is 0.887. The van der Waals surface area contributed by atoms with E-state index in [1.807, 2.05) is 12.1 Å². The predicted molar refractivity (Wildman–Crippen MR) is 101 cm³/mol. The first-order valence-electron chi connectivity index (χ1n) is 9.17. The lowest BCUT2D eigenvalue weighted by Crippen LogP contribution is -2.28. The minimum atomic E-state index is 0.0944. The Kier molecular flexibility index (Phi) is 4.55. The van der Waals surface area contributed by atoms with E-state index in [-0.39, 0.29) is 11.8 Å². The molecule has 1 aliphatic heterocycles. The van der Waals surface area contributed by atoms with E-state index in [9.17, 15) is 4.79 Å². The van der Waals surface area contributed by atoms with Crippen molar-refractivity contribution in [1.82, 2.24) is 4.98 Å². The molecule has 4 rings (SSSR count). The predicted octanol–water partition coefficient (Wildman–Crippen LogP) is 4.16. The largest absolute Gasteiger partial charge is 0.372 e. The molecule has 1 saturated heterocycles. The van der Waals surface area contributed by atoms with E-state index < -0.39 is 0 Å². The molecule has 0 unspecified atom stereocenters. The molecule has 1 aromatic carbocycles. The van der Waals surface area contributed by atoms with E-state index in [1.54, 1.807) is 6.20 Å². The number of benzene rings is 1. The lowest BCUT2D eigenvalue weighted by molar-refractivity contribution is -0.122. The number of nitrogens with one attached hydrogen (secondary N) is 2. The van der Waals surface area contributed by atoms with E-state index in [1.165, 1.54) is 18.5 Å². The van der Waals surface area contributed by atoms with Gasteiger partial charge in [-0.1, -0.05) is 6.42 Å². The zero-order chi connectivity index (χ0) is 17.1. The first-order valence-corrected chi connectivity index (χ1v) is 9.17. The molecule has 1 saturated carbocycles. The van der Waals surface area contributed by atoms with Gasteiger partial charge in [-0.05, 0) is 62.1 Å². The maximum absolute atomic E-state index is 11.9. The van der Waals surface area contributed by atoms with Crippen LogP contribution in [0.4, 0.5) is 22.9 Å². The molecule has 1 aliphatic carbocycles. The molecule has 5 heteroatoms. The van der Waals surface area contributed by atoms with Crippen LogP contribution in [0.25, 0.3) is 0 Å². The highest BCUT2D eigenvalue weighted by atomic mass is 16.2. The third kappa shape index (κ3) is 3.76. The number of aromatic nitrogens is 1. The average molecular weight is 336 g/mol. The minimum absolute atomic E-state index is 0.0944. The van der Waals surface area contributed by atoms with Crippen molar-refractivity contribution < 1.29 is 4.79 Å². The molecule has 0 spiro atoms. The molecule has 2 aromatic rings. The Balaban J connectivity index is 1.34. The Labute approximate surface area is 148 Å². The van der Waals surface area contributed by atoms with Crippen LogP contribution >= 0.6 is 0 Å². The quantitative estimate of drug-likeness (QED) is 0.860. The Hall–Kier alpha value is -2.56. The van der Waals surface area contributed by atoms with E-state index >= 15 is 0 Å². The third-order valence-electron chi connectivity index (χ3n) is 5.12. The van der Waals surface area contributed by atoms with E-state index in [0.717, 1.165) is 43.7 Å². The second kappa shape index (κ2) is 7.13. The fourth-order valence-corrected chi connectivity index (χ4v) is 3.34. The summed E-state index contributed by atoms with van der Waals surface area (Å²) in [6.07, 6.45) is 7.48. The Morgan fingerprint density at radius 2 is 1.68 bits per heavy atom. The molecule has 130 valence electrons. The third-order valence-corrected chi connectivity index (χ3v) is 5.12. The first kappa shape index (κ1) is 15.9. The van der Waals surface area contributed by atoms with E-state index in [0.29, 0.717) is 5.82 Å². The van der Waals surface area contributed by atoms with Crippen molar-refractivity contribution in [3.8, 4) is 0 Å². The van der Waals surface area contributed by atoms with Gasteiger partial charge >= 0.3 is 0 Å². The Morgan fingerprint density at radius 1 is 0.960 bits per heavy atom. The Morgan fingerprint density at radius 3 is 2.28 bits per heavy atom. The van der Waals surface area contributed by atoms with Gasteiger partial charge in [-0.3, -0.25) is 4.79 Å². The fraction of sp³-hybridized carbons (Fsp3) is 0.400.